The topological polar surface area (TPSA) is 89.3 Å². The monoisotopic (exact) mass is 386 g/mol. The molecular formula is C17H24ClFN4O3. The molecule has 1 aromatic carbocycles. The van der Waals surface area contributed by atoms with Crippen LogP contribution in [0.3, 0.4) is 0 Å². The van der Waals surface area contributed by atoms with Crippen molar-refractivity contribution in [2.45, 2.75) is 19.8 Å². The van der Waals surface area contributed by atoms with Gasteiger partial charge in [0.25, 0.3) is 0 Å². The van der Waals surface area contributed by atoms with Crippen LogP contribution in [0.15, 0.2) is 22.7 Å². The molecule has 1 heterocycles. The lowest BCUT2D eigenvalue weighted by molar-refractivity contribution is -0.121. The number of methoxy groups -OCH3 is 1. The summed E-state index contributed by atoms with van der Waals surface area (Å²) < 4.78 is 23.4. The Morgan fingerprint density at radius 3 is 2.85 bits per heavy atom. The molecule has 0 fully saturated rings. The fourth-order valence-corrected chi connectivity index (χ4v) is 2.16. The number of amides is 1. The first-order valence-corrected chi connectivity index (χ1v) is 8.15. The number of hydrogen-bond acceptors (Lipinski definition) is 6. The van der Waals surface area contributed by atoms with Gasteiger partial charge >= 0.3 is 0 Å². The Morgan fingerprint density at radius 2 is 2.12 bits per heavy atom. The van der Waals surface area contributed by atoms with E-state index < -0.39 is 0 Å². The van der Waals surface area contributed by atoms with Crippen LogP contribution in [0.2, 0.25) is 0 Å². The molecule has 1 aromatic heterocycles. The van der Waals surface area contributed by atoms with Gasteiger partial charge in [-0.15, -0.1) is 12.4 Å². The number of halogens is 2. The number of carbonyl (C=O) groups is 1. The standard InChI is InChI=1S/C17H23FN4O3.ClH/c1-12-11-13(3-4-14(12)18)17-21-16(25-22-17)6-5-15(23)20-8-7-19-9-10-24-2;/h3-4,11,19H,5-10H2,1-2H3,(H,20,23);1H. The van der Waals surface area contributed by atoms with E-state index in [2.05, 4.69) is 20.8 Å². The molecule has 0 bridgehead atoms. The van der Waals surface area contributed by atoms with Gasteiger partial charge in [0.05, 0.1) is 6.61 Å². The predicted octanol–water partition coefficient (Wildman–Crippen LogP) is 1.89. The minimum Gasteiger partial charge on any atom is -0.383 e. The van der Waals surface area contributed by atoms with Gasteiger partial charge < -0.3 is 19.9 Å². The van der Waals surface area contributed by atoms with Crippen LogP contribution in [0, 0.1) is 12.7 Å². The highest BCUT2D eigenvalue weighted by Crippen LogP contribution is 2.19. The van der Waals surface area contributed by atoms with Gasteiger partial charge in [0.1, 0.15) is 5.82 Å². The third-order valence-corrected chi connectivity index (χ3v) is 3.56. The summed E-state index contributed by atoms with van der Waals surface area (Å²) in [5, 5.41) is 9.82. The fraction of sp³-hybridized carbons (Fsp3) is 0.471. The number of rotatable bonds is 10. The Hall–Kier alpha value is -2.03. The fourth-order valence-electron chi connectivity index (χ4n) is 2.16. The Kier molecular flexibility index (Phi) is 9.79. The molecular weight excluding hydrogens is 363 g/mol. The van der Waals surface area contributed by atoms with Crippen LogP contribution in [0.4, 0.5) is 4.39 Å². The lowest BCUT2D eigenvalue weighted by atomic mass is 10.1. The number of aryl methyl sites for hydroxylation is 2. The Morgan fingerprint density at radius 1 is 1.31 bits per heavy atom. The molecule has 1 amide bonds. The maximum Gasteiger partial charge on any atom is 0.227 e. The van der Waals surface area contributed by atoms with Crippen LogP contribution in [0.1, 0.15) is 17.9 Å². The molecule has 2 aromatic rings. The van der Waals surface area contributed by atoms with E-state index in [1.54, 1.807) is 26.2 Å². The second-order valence-corrected chi connectivity index (χ2v) is 5.57. The first-order valence-electron chi connectivity index (χ1n) is 8.15. The van der Waals surface area contributed by atoms with Crippen LogP contribution < -0.4 is 10.6 Å². The van der Waals surface area contributed by atoms with Crippen molar-refractivity contribution in [3.8, 4) is 11.4 Å². The van der Waals surface area contributed by atoms with Crippen molar-refractivity contribution in [3.05, 3.63) is 35.5 Å². The molecule has 144 valence electrons. The summed E-state index contributed by atoms with van der Waals surface area (Å²) >= 11 is 0. The number of ether oxygens (including phenoxy) is 1. The lowest BCUT2D eigenvalue weighted by Crippen LogP contribution is -2.33. The highest BCUT2D eigenvalue weighted by Gasteiger charge is 2.11. The molecule has 7 nitrogen and oxygen atoms in total. The third kappa shape index (κ3) is 7.07. The summed E-state index contributed by atoms with van der Waals surface area (Å²) in [6.07, 6.45) is 0.623. The van der Waals surface area contributed by atoms with Gasteiger partial charge in [-0.25, -0.2) is 4.39 Å². The molecule has 0 aliphatic carbocycles. The summed E-state index contributed by atoms with van der Waals surface area (Å²) in [4.78, 5) is 16.0. The molecule has 0 radical (unpaired) electrons. The lowest BCUT2D eigenvalue weighted by Gasteiger charge is -2.05. The summed E-state index contributed by atoms with van der Waals surface area (Å²) in [5.41, 5.74) is 1.20. The number of nitrogens with zero attached hydrogens (tertiary/aromatic N) is 2. The molecule has 2 N–H and O–H groups in total. The predicted molar refractivity (Wildman–Crippen MR) is 97.8 cm³/mol. The van der Waals surface area contributed by atoms with E-state index in [9.17, 15) is 9.18 Å². The van der Waals surface area contributed by atoms with E-state index in [-0.39, 0.29) is 30.6 Å². The van der Waals surface area contributed by atoms with Crippen molar-refractivity contribution < 1.29 is 18.4 Å². The highest BCUT2D eigenvalue weighted by molar-refractivity contribution is 5.85. The molecule has 0 aliphatic rings. The van der Waals surface area contributed by atoms with Crippen LogP contribution in [-0.2, 0) is 16.0 Å². The van der Waals surface area contributed by atoms with Crippen molar-refractivity contribution in [1.29, 1.82) is 0 Å². The zero-order valence-electron chi connectivity index (χ0n) is 14.9. The zero-order chi connectivity index (χ0) is 18.1. The summed E-state index contributed by atoms with van der Waals surface area (Å²) in [5.74, 6) is 0.415. The van der Waals surface area contributed by atoms with Crippen molar-refractivity contribution in [1.82, 2.24) is 20.8 Å². The molecule has 26 heavy (non-hydrogen) atoms. The van der Waals surface area contributed by atoms with Crippen molar-refractivity contribution in [3.63, 3.8) is 0 Å². The molecule has 2 rings (SSSR count). The van der Waals surface area contributed by atoms with Gasteiger partial charge in [-0.05, 0) is 30.7 Å². The average molecular weight is 387 g/mol. The van der Waals surface area contributed by atoms with E-state index in [0.29, 0.717) is 49.0 Å². The van der Waals surface area contributed by atoms with E-state index in [0.717, 1.165) is 6.54 Å². The van der Waals surface area contributed by atoms with E-state index in [1.165, 1.54) is 6.07 Å². The summed E-state index contributed by atoms with van der Waals surface area (Å²) in [7, 11) is 1.64. The van der Waals surface area contributed by atoms with Crippen molar-refractivity contribution in [2.75, 3.05) is 33.4 Å². The average Bonchev–Trinajstić information content (AvgIpc) is 3.07. The van der Waals surface area contributed by atoms with Crippen LogP contribution in [0.5, 0.6) is 0 Å². The van der Waals surface area contributed by atoms with E-state index >= 15 is 0 Å². The van der Waals surface area contributed by atoms with Crippen molar-refractivity contribution in [2.24, 2.45) is 0 Å². The number of nitrogens with one attached hydrogen (secondary N) is 2. The number of hydrogen-bond donors (Lipinski definition) is 2. The number of benzene rings is 1. The second-order valence-electron chi connectivity index (χ2n) is 5.57. The van der Waals surface area contributed by atoms with Gasteiger partial charge in [0.2, 0.25) is 17.6 Å². The second kappa shape index (κ2) is 11.6. The van der Waals surface area contributed by atoms with Crippen molar-refractivity contribution >= 4 is 18.3 Å². The first-order chi connectivity index (χ1) is 12.1. The zero-order valence-corrected chi connectivity index (χ0v) is 15.7. The Balaban J connectivity index is 0.00000338. The first kappa shape index (κ1) is 22.0. The molecule has 0 spiro atoms. The van der Waals surface area contributed by atoms with Crippen LogP contribution in [0.25, 0.3) is 11.4 Å². The molecule has 0 aliphatic heterocycles. The normalized spacial score (nSPS) is 10.4. The molecule has 0 unspecified atom stereocenters. The maximum absolute atomic E-state index is 13.3. The molecule has 0 saturated heterocycles. The van der Waals surface area contributed by atoms with E-state index in [4.69, 9.17) is 9.26 Å². The smallest absolute Gasteiger partial charge is 0.227 e. The Labute approximate surface area is 158 Å². The van der Waals surface area contributed by atoms with Gasteiger partial charge in [-0.2, -0.15) is 4.98 Å². The molecule has 0 atom stereocenters. The molecule has 0 saturated carbocycles. The van der Waals surface area contributed by atoms with Gasteiger partial charge in [-0.1, -0.05) is 5.16 Å². The largest absolute Gasteiger partial charge is 0.383 e. The SMILES string of the molecule is COCCNCCNC(=O)CCc1nc(-c2ccc(F)c(C)c2)no1.Cl. The molecule has 9 heteroatoms. The maximum atomic E-state index is 13.3. The van der Waals surface area contributed by atoms with Gasteiger partial charge in [0, 0.05) is 45.1 Å². The minimum atomic E-state index is -0.277. The highest BCUT2D eigenvalue weighted by atomic mass is 35.5. The Bertz CT molecular complexity index is 696. The quantitative estimate of drug-likeness (QED) is 0.606. The van der Waals surface area contributed by atoms with Gasteiger partial charge in [-0.3, -0.25) is 4.79 Å². The van der Waals surface area contributed by atoms with Crippen LogP contribution >= 0.6 is 12.4 Å². The summed E-state index contributed by atoms with van der Waals surface area (Å²) in [6.45, 7) is 4.30. The minimum absolute atomic E-state index is 0. The number of aromatic nitrogens is 2. The third-order valence-electron chi connectivity index (χ3n) is 3.56. The number of carbonyl (C=O) groups excluding carboxylic acids is 1. The summed E-state index contributed by atoms with van der Waals surface area (Å²) in [6, 6.07) is 4.63. The van der Waals surface area contributed by atoms with Gasteiger partial charge in [0.15, 0.2) is 0 Å². The van der Waals surface area contributed by atoms with Crippen LogP contribution in [-0.4, -0.2) is 49.4 Å². The van der Waals surface area contributed by atoms with E-state index in [1.807, 2.05) is 0 Å².